The molecule has 2 aliphatic rings. The quantitative estimate of drug-likeness (QED) is 0.635. The molecule has 2 saturated heterocycles. The highest BCUT2D eigenvalue weighted by Crippen LogP contribution is 2.43. The van der Waals surface area contributed by atoms with E-state index >= 15 is 0 Å². The van der Waals surface area contributed by atoms with Gasteiger partial charge < -0.3 is 9.53 Å². The normalized spacial score (nSPS) is 33.1. The zero-order chi connectivity index (χ0) is 9.15. The Hall–Kier alpha value is -0.0200. The summed E-state index contributed by atoms with van der Waals surface area (Å²) in [5, 5.41) is 0. The number of carbonyl (C=O) groups excluding carboxylic acids is 1. The molecule has 1 unspecified atom stereocenters. The first-order valence-electron chi connectivity index (χ1n) is 4.99. The number of rotatable bonds is 2. The number of hydrogen-bond acceptors (Lipinski definition) is 3. The summed E-state index contributed by atoms with van der Waals surface area (Å²) in [7, 11) is 0. The Morgan fingerprint density at radius 3 is 2.69 bits per heavy atom. The fraction of sp³-hybridized carbons (Fsp3) is 0.900. The molecule has 2 nitrogen and oxygen atoms in total. The molecule has 0 aromatic heterocycles. The maximum absolute atomic E-state index is 11.2. The van der Waals surface area contributed by atoms with Gasteiger partial charge in [-0.3, -0.25) is 0 Å². The van der Waals surface area contributed by atoms with E-state index in [2.05, 4.69) is 0 Å². The van der Waals surface area contributed by atoms with Crippen LogP contribution in [0.4, 0.5) is 0 Å². The van der Waals surface area contributed by atoms with Crippen molar-refractivity contribution in [1.29, 1.82) is 0 Å². The average Bonchev–Trinajstić information content (AvgIpc) is 2.72. The predicted molar refractivity (Wildman–Crippen MR) is 54.0 cm³/mol. The first-order valence-corrected chi connectivity index (χ1v) is 6.15. The lowest BCUT2D eigenvalue weighted by molar-refractivity contribution is -0.125. The molecule has 0 spiro atoms. The van der Waals surface area contributed by atoms with Gasteiger partial charge in [-0.05, 0) is 36.7 Å². The van der Waals surface area contributed by atoms with Crippen LogP contribution in [0, 0.1) is 11.3 Å². The van der Waals surface area contributed by atoms with Crippen molar-refractivity contribution in [2.45, 2.75) is 19.3 Å². The second kappa shape index (κ2) is 4.01. The molecule has 0 radical (unpaired) electrons. The molecular weight excluding hydrogens is 184 g/mol. The maximum atomic E-state index is 11.2. The Morgan fingerprint density at radius 2 is 2.15 bits per heavy atom. The molecule has 1 atom stereocenters. The van der Waals surface area contributed by atoms with Crippen molar-refractivity contribution in [3.63, 3.8) is 0 Å². The second-order valence-electron chi connectivity index (χ2n) is 4.02. The molecule has 2 rings (SSSR count). The first-order chi connectivity index (χ1) is 6.37. The molecule has 13 heavy (non-hydrogen) atoms. The first kappa shape index (κ1) is 9.53. The predicted octanol–water partition coefficient (Wildman–Crippen LogP) is 1.74. The standard InChI is InChI=1S/C10H16O2S/c11-8-10(2-4-12-5-3-10)9-1-6-13-7-9/h8-9H,1-7H2. The zero-order valence-corrected chi connectivity index (χ0v) is 8.65. The van der Waals surface area contributed by atoms with Gasteiger partial charge in [-0.2, -0.15) is 11.8 Å². The van der Waals surface area contributed by atoms with Crippen molar-refractivity contribution < 1.29 is 9.53 Å². The van der Waals surface area contributed by atoms with Gasteiger partial charge in [-0.25, -0.2) is 0 Å². The molecule has 2 fully saturated rings. The van der Waals surface area contributed by atoms with Gasteiger partial charge in [-0.15, -0.1) is 0 Å². The van der Waals surface area contributed by atoms with Crippen LogP contribution in [-0.4, -0.2) is 31.0 Å². The third kappa shape index (κ3) is 1.77. The Labute approximate surface area is 83.4 Å². The van der Waals surface area contributed by atoms with Crippen molar-refractivity contribution in [2.75, 3.05) is 24.7 Å². The molecule has 0 aromatic rings. The third-order valence-corrected chi connectivity index (χ3v) is 4.56. The summed E-state index contributed by atoms with van der Waals surface area (Å²) in [6, 6.07) is 0. The summed E-state index contributed by atoms with van der Waals surface area (Å²) in [6.07, 6.45) is 4.33. The van der Waals surface area contributed by atoms with Crippen LogP contribution in [0.3, 0.4) is 0 Å². The van der Waals surface area contributed by atoms with Gasteiger partial charge in [0, 0.05) is 18.6 Å². The number of aldehydes is 1. The van der Waals surface area contributed by atoms with Crippen molar-refractivity contribution >= 4 is 18.0 Å². The Morgan fingerprint density at radius 1 is 1.38 bits per heavy atom. The van der Waals surface area contributed by atoms with E-state index in [9.17, 15) is 4.79 Å². The van der Waals surface area contributed by atoms with Gasteiger partial charge in [0.2, 0.25) is 0 Å². The monoisotopic (exact) mass is 200 g/mol. The van der Waals surface area contributed by atoms with E-state index in [4.69, 9.17) is 4.74 Å². The van der Waals surface area contributed by atoms with E-state index < -0.39 is 0 Å². The molecule has 0 aliphatic carbocycles. The van der Waals surface area contributed by atoms with Crippen LogP contribution in [0.15, 0.2) is 0 Å². The van der Waals surface area contributed by atoms with Crippen LogP contribution < -0.4 is 0 Å². The van der Waals surface area contributed by atoms with Gasteiger partial charge in [0.15, 0.2) is 0 Å². The van der Waals surface area contributed by atoms with E-state index in [0.29, 0.717) is 5.92 Å². The Kier molecular flexibility index (Phi) is 2.94. The highest BCUT2D eigenvalue weighted by Gasteiger charge is 2.41. The lowest BCUT2D eigenvalue weighted by Gasteiger charge is -2.36. The summed E-state index contributed by atoms with van der Waals surface area (Å²) >= 11 is 1.99. The Bertz CT molecular complexity index is 181. The molecular formula is C10H16O2S. The Balaban J connectivity index is 2.07. The molecule has 0 N–H and O–H groups in total. The molecule has 0 amide bonds. The molecule has 2 aliphatic heterocycles. The average molecular weight is 200 g/mol. The van der Waals surface area contributed by atoms with Crippen molar-refractivity contribution in [2.24, 2.45) is 11.3 Å². The van der Waals surface area contributed by atoms with E-state index in [1.54, 1.807) is 0 Å². The highest BCUT2D eigenvalue weighted by atomic mass is 32.2. The number of ether oxygens (including phenoxy) is 1. The van der Waals surface area contributed by atoms with Gasteiger partial charge in [0.05, 0.1) is 0 Å². The van der Waals surface area contributed by atoms with E-state index in [0.717, 1.165) is 26.1 Å². The lowest BCUT2D eigenvalue weighted by Crippen LogP contribution is -2.38. The number of hydrogen-bond donors (Lipinski definition) is 0. The van der Waals surface area contributed by atoms with Gasteiger partial charge >= 0.3 is 0 Å². The summed E-state index contributed by atoms with van der Waals surface area (Å²) in [4.78, 5) is 11.2. The summed E-state index contributed by atoms with van der Waals surface area (Å²) in [6.45, 7) is 1.56. The molecule has 3 heteroatoms. The van der Waals surface area contributed by atoms with Crippen molar-refractivity contribution in [3.8, 4) is 0 Å². The van der Waals surface area contributed by atoms with Crippen LogP contribution >= 0.6 is 11.8 Å². The SMILES string of the molecule is O=CC1(C2CCSC2)CCOCC1. The molecule has 2 heterocycles. The summed E-state index contributed by atoms with van der Waals surface area (Å²) in [5.74, 6) is 3.04. The topological polar surface area (TPSA) is 26.3 Å². The number of carbonyl (C=O) groups is 1. The molecule has 0 aromatic carbocycles. The van der Waals surface area contributed by atoms with Gasteiger partial charge in [0.25, 0.3) is 0 Å². The van der Waals surface area contributed by atoms with E-state index in [1.165, 1.54) is 24.2 Å². The summed E-state index contributed by atoms with van der Waals surface area (Å²) < 4.78 is 5.32. The third-order valence-electron chi connectivity index (χ3n) is 3.40. The zero-order valence-electron chi connectivity index (χ0n) is 7.83. The molecule has 0 bridgehead atoms. The van der Waals surface area contributed by atoms with Crippen molar-refractivity contribution in [3.05, 3.63) is 0 Å². The maximum Gasteiger partial charge on any atom is 0.126 e. The highest BCUT2D eigenvalue weighted by molar-refractivity contribution is 7.99. The fourth-order valence-electron chi connectivity index (χ4n) is 2.36. The fourth-order valence-corrected chi connectivity index (χ4v) is 3.76. The van der Waals surface area contributed by atoms with Crippen LogP contribution in [0.5, 0.6) is 0 Å². The largest absolute Gasteiger partial charge is 0.381 e. The van der Waals surface area contributed by atoms with Crippen LogP contribution in [0.1, 0.15) is 19.3 Å². The van der Waals surface area contributed by atoms with Gasteiger partial charge in [0.1, 0.15) is 6.29 Å². The van der Waals surface area contributed by atoms with Crippen LogP contribution in [-0.2, 0) is 9.53 Å². The number of thioether (sulfide) groups is 1. The summed E-state index contributed by atoms with van der Waals surface area (Å²) in [5.41, 5.74) is -0.0260. The van der Waals surface area contributed by atoms with Crippen molar-refractivity contribution in [1.82, 2.24) is 0 Å². The minimum atomic E-state index is -0.0260. The lowest BCUT2D eigenvalue weighted by atomic mass is 9.71. The minimum Gasteiger partial charge on any atom is -0.381 e. The minimum absolute atomic E-state index is 0.0260. The smallest absolute Gasteiger partial charge is 0.126 e. The molecule has 74 valence electrons. The second-order valence-corrected chi connectivity index (χ2v) is 5.17. The van der Waals surface area contributed by atoms with E-state index in [-0.39, 0.29) is 5.41 Å². The van der Waals surface area contributed by atoms with E-state index in [1.807, 2.05) is 11.8 Å². The van der Waals surface area contributed by atoms with Crippen LogP contribution in [0.25, 0.3) is 0 Å². The van der Waals surface area contributed by atoms with Crippen LogP contribution in [0.2, 0.25) is 0 Å². The molecule has 0 saturated carbocycles. The van der Waals surface area contributed by atoms with Gasteiger partial charge in [-0.1, -0.05) is 0 Å².